The Bertz CT molecular complexity index is 444. The Labute approximate surface area is 101 Å². The summed E-state index contributed by atoms with van der Waals surface area (Å²) in [6.45, 7) is 4.77. The lowest BCUT2D eigenvalue weighted by atomic mass is 10.2. The van der Waals surface area contributed by atoms with Gasteiger partial charge in [-0.2, -0.15) is 5.10 Å². The van der Waals surface area contributed by atoms with Crippen molar-refractivity contribution >= 4 is 0 Å². The van der Waals surface area contributed by atoms with Crippen LogP contribution in [0.2, 0.25) is 0 Å². The van der Waals surface area contributed by atoms with Crippen LogP contribution < -0.4 is 5.32 Å². The van der Waals surface area contributed by atoms with Crippen molar-refractivity contribution in [2.24, 2.45) is 7.05 Å². The van der Waals surface area contributed by atoms with Crippen molar-refractivity contribution in [1.82, 2.24) is 30.1 Å². The van der Waals surface area contributed by atoms with Crippen LogP contribution in [-0.4, -0.2) is 31.3 Å². The third-order valence-electron chi connectivity index (χ3n) is 2.64. The molecule has 0 unspecified atom stereocenters. The van der Waals surface area contributed by atoms with Crippen molar-refractivity contribution in [2.45, 2.75) is 26.4 Å². The molecular formula is C11H18N6. The highest BCUT2D eigenvalue weighted by atomic mass is 15.4. The van der Waals surface area contributed by atoms with Crippen LogP contribution in [0.3, 0.4) is 0 Å². The molecule has 0 saturated heterocycles. The molecule has 0 aliphatic heterocycles. The van der Waals surface area contributed by atoms with Gasteiger partial charge >= 0.3 is 0 Å². The van der Waals surface area contributed by atoms with Gasteiger partial charge in [0.2, 0.25) is 0 Å². The molecule has 0 bridgehead atoms. The Balaban J connectivity index is 1.65. The predicted molar refractivity (Wildman–Crippen MR) is 64.3 cm³/mol. The molecule has 2 aromatic heterocycles. The number of hydrogen-bond donors (Lipinski definition) is 1. The zero-order chi connectivity index (χ0) is 12.1. The first-order valence-corrected chi connectivity index (χ1v) is 5.79. The molecule has 0 aromatic carbocycles. The molecule has 0 aliphatic rings. The maximum absolute atomic E-state index is 4.30. The molecule has 2 aromatic rings. The summed E-state index contributed by atoms with van der Waals surface area (Å²) in [5.74, 6) is 0. The molecule has 0 radical (unpaired) electrons. The van der Waals surface area contributed by atoms with E-state index in [0.29, 0.717) is 0 Å². The first-order valence-electron chi connectivity index (χ1n) is 5.79. The van der Waals surface area contributed by atoms with E-state index in [1.807, 2.05) is 29.5 Å². The van der Waals surface area contributed by atoms with E-state index in [1.54, 1.807) is 6.20 Å². The highest BCUT2D eigenvalue weighted by Crippen LogP contribution is 2.03. The minimum absolute atomic E-state index is 0.872. The second kappa shape index (κ2) is 5.58. The van der Waals surface area contributed by atoms with Crippen molar-refractivity contribution in [3.05, 3.63) is 29.8 Å². The summed E-state index contributed by atoms with van der Waals surface area (Å²) in [6.07, 6.45) is 6.68. The van der Waals surface area contributed by atoms with E-state index in [-0.39, 0.29) is 0 Å². The van der Waals surface area contributed by atoms with E-state index in [0.717, 1.165) is 31.7 Å². The van der Waals surface area contributed by atoms with E-state index in [9.17, 15) is 0 Å². The fraction of sp³-hybridized carbons (Fsp3) is 0.545. The minimum Gasteiger partial charge on any atom is -0.312 e. The zero-order valence-electron chi connectivity index (χ0n) is 10.3. The highest BCUT2D eigenvalue weighted by molar-refractivity contribution is 5.14. The van der Waals surface area contributed by atoms with Crippen LogP contribution in [0.25, 0.3) is 0 Å². The van der Waals surface area contributed by atoms with Crippen molar-refractivity contribution in [3.8, 4) is 0 Å². The van der Waals surface area contributed by atoms with Gasteiger partial charge < -0.3 is 5.32 Å². The molecule has 6 nitrogen and oxygen atoms in total. The number of nitrogens with one attached hydrogen (secondary N) is 1. The smallest absolute Gasteiger partial charge is 0.0692 e. The fourth-order valence-corrected chi connectivity index (χ4v) is 1.76. The SMILES string of the molecule is Cc1nn(C)cc1CNCCCn1ccnn1. The van der Waals surface area contributed by atoms with Gasteiger partial charge in [0.15, 0.2) is 0 Å². The lowest BCUT2D eigenvalue weighted by molar-refractivity contribution is 0.530. The lowest BCUT2D eigenvalue weighted by Crippen LogP contribution is -2.17. The van der Waals surface area contributed by atoms with Crippen molar-refractivity contribution in [3.63, 3.8) is 0 Å². The summed E-state index contributed by atoms with van der Waals surface area (Å²) in [5.41, 5.74) is 2.35. The van der Waals surface area contributed by atoms with E-state index in [4.69, 9.17) is 0 Å². The van der Waals surface area contributed by atoms with Crippen LogP contribution in [0, 0.1) is 6.92 Å². The van der Waals surface area contributed by atoms with Crippen LogP contribution in [0.4, 0.5) is 0 Å². The zero-order valence-corrected chi connectivity index (χ0v) is 10.3. The summed E-state index contributed by atoms with van der Waals surface area (Å²) >= 11 is 0. The third-order valence-corrected chi connectivity index (χ3v) is 2.64. The standard InChI is InChI=1S/C11H18N6/c1-10-11(9-16(2)14-10)8-12-4-3-6-17-7-5-13-15-17/h5,7,9,12H,3-4,6,8H2,1-2H3. The van der Waals surface area contributed by atoms with Gasteiger partial charge in [-0.15, -0.1) is 5.10 Å². The van der Waals surface area contributed by atoms with Crippen molar-refractivity contribution < 1.29 is 0 Å². The number of aryl methyl sites for hydroxylation is 3. The molecule has 17 heavy (non-hydrogen) atoms. The quantitative estimate of drug-likeness (QED) is 0.739. The molecular weight excluding hydrogens is 216 g/mol. The highest BCUT2D eigenvalue weighted by Gasteiger charge is 2.01. The first kappa shape index (κ1) is 11.8. The van der Waals surface area contributed by atoms with Gasteiger partial charge in [0.1, 0.15) is 0 Å². The molecule has 92 valence electrons. The van der Waals surface area contributed by atoms with Crippen LogP contribution in [0.5, 0.6) is 0 Å². The normalized spacial score (nSPS) is 10.9. The Morgan fingerprint density at radius 2 is 2.29 bits per heavy atom. The second-order valence-electron chi connectivity index (χ2n) is 4.11. The summed E-state index contributed by atoms with van der Waals surface area (Å²) in [7, 11) is 1.95. The molecule has 0 aliphatic carbocycles. The summed E-state index contributed by atoms with van der Waals surface area (Å²) in [4.78, 5) is 0. The van der Waals surface area contributed by atoms with Gasteiger partial charge in [-0.25, -0.2) is 0 Å². The van der Waals surface area contributed by atoms with Gasteiger partial charge in [-0.3, -0.25) is 9.36 Å². The Morgan fingerprint density at radius 3 is 2.94 bits per heavy atom. The minimum atomic E-state index is 0.872. The number of aromatic nitrogens is 5. The number of hydrogen-bond acceptors (Lipinski definition) is 4. The average molecular weight is 234 g/mol. The third kappa shape index (κ3) is 3.39. The molecule has 0 amide bonds. The molecule has 6 heteroatoms. The van der Waals surface area contributed by atoms with E-state index in [1.165, 1.54) is 5.56 Å². The first-order chi connectivity index (χ1) is 8.25. The second-order valence-corrected chi connectivity index (χ2v) is 4.11. The molecule has 0 saturated carbocycles. The van der Waals surface area contributed by atoms with Gasteiger partial charge in [0.25, 0.3) is 0 Å². The topological polar surface area (TPSA) is 60.6 Å². The van der Waals surface area contributed by atoms with Crippen LogP contribution in [0.1, 0.15) is 17.7 Å². The van der Waals surface area contributed by atoms with Gasteiger partial charge in [0.05, 0.1) is 11.9 Å². The Kier molecular flexibility index (Phi) is 3.87. The number of nitrogens with zero attached hydrogens (tertiary/aromatic N) is 5. The van der Waals surface area contributed by atoms with E-state index in [2.05, 4.69) is 26.9 Å². The molecule has 0 atom stereocenters. The largest absolute Gasteiger partial charge is 0.312 e. The van der Waals surface area contributed by atoms with Gasteiger partial charge in [-0.1, -0.05) is 5.21 Å². The Morgan fingerprint density at radius 1 is 1.41 bits per heavy atom. The molecule has 0 fully saturated rings. The van der Waals surface area contributed by atoms with Gasteiger partial charge in [0, 0.05) is 38.1 Å². The summed E-state index contributed by atoms with van der Waals surface area (Å²) in [5, 5.41) is 15.4. The summed E-state index contributed by atoms with van der Waals surface area (Å²) < 4.78 is 3.69. The maximum Gasteiger partial charge on any atom is 0.0692 e. The molecule has 2 heterocycles. The van der Waals surface area contributed by atoms with Crippen molar-refractivity contribution in [1.29, 1.82) is 0 Å². The predicted octanol–water partition coefficient (Wildman–Crippen LogP) is 0.500. The molecule has 0 spiro atoms. The van der Waals surface area contributed by atoms with Crippen molar-refractivity contribution in [2.75, 3.05) is 6.54 Å². The average Bonchev–Trinajstić information content (AvgIpc) is 2.89. The van der Waals surface area contributed by atoms with Crippen LogP contribution >= 0.6 is 0 Å². The monoisotopic (exact) mass is 234 g/mol. The molecule has 2 rings (SSSR count). The molecule has 1 N–H and O–H groups in total. The van der Waals surface area contributed by atoms with Gasteiger partial charge in [-0.05, 0) is 19.9 Å². The maximum atomic E-state index is 4.30. The lowest BCUT2D eigenvalue weighted by Gasteiger charge is -2.03. The summed E-state index contributed by atoms with van der Waals surface area (Å²) in [6, 6.07) is 0. The van der Waals surface area contributed by atoms with E-state index < -0.39 is 0 Å². The number of rotatable bonds is 6. The fourth-order valence-electron chi connectivity index (χ4n) is 1.76. The van der Waals surface area contributed by atoms with E-state index >= 15 is 0 Å². The Hall–Kier alpha value is -1.69. The van der Waals surface area contributed by atoms with Crippen LogP contribution in [-0.2, 0) is 20.1 Å². The van der Waals surface area contributed by atoms with Crippen LogP contribution in [0.15, 0.2) is 18.6 Å².